The molecule has 2 aromatic carbocycles. The predicted molar refractivity (Wildman–Crippen MR) is 130 cm³/mol. The average molecular weight is 481 g/mol. The van der Waals surface area contributed by atoms with E-state index in [0.29, 0.717) is 49.8 Å². The lowest BCUT2D eigenvalue weighted by Gasteiger charge is -2.31. The second-order valence-electron chi connectivity index (χ2n) is 7.74. The summed E-state index contributed by atoms with van der Waals surface area (Å²) < 4.78 is 16.2. The lowest BCUT2D eigenvalue weighted by molar-refractivity contribution is -0.126. The Morgan fingerprint density at radius 2 is 1.91 bits per heavy atom. The third kappa shape index (κ3) is 5.76. The molecule has 1 aliphatic heterocycles. The number of rotatable bonds is 11. The van der Waals surface area contributed by atoms with Gasteiger partial charge in [-0.05, 0) is 48.6 Å². The summed E-state index contributed by atoms with van der Waals surface area (Å²) in [5, 5.41) is 4.96. The van der Waals surface area contributed by atoms with Gasteiger partial charge in [-0.2, -0.15) is 0 Å². The minimum Gasteiger partial charge on any atom is -0.454 e. The van der Waals surface area contributed by atoms with Gasteiger partial charge in [-0.15, -0.1) is 11.3 Å². The van der Waals surface area contributed by atoms with Gasteiger partial charge < -0.3 is 24.4 Å². The van der Waals surface area contributed by atoms with Crippen molar-refractivity contribution in [2.45, 2.75) is 25.9 Å². The molecule has 34 heavy (non-hydrogen) atoms. The van der Waals surface area contributed by atoms with E-state index in [1.165, 1.54) is 0 Å². The summed E-state index contributed by atoms with van der Waals surface area (Å²) in [4.78, 5) is 29.9. The Morgan fingerprint density at radius 3 is 2.68 bits per heavy atom. The van der Waals surface area contributed by atoms with Crippen LogP contribution in [0.3, 0.4) is 0 Å². The first-order valence-corrected chi connectivity index (χ1v) is 12.2. The van der Waals surface area contributed by atoms with Crippen molar-refractivity contribution in [3.05, 3.63) is 82.0 Å². The van der Waals surface area contributed by atoms with Crippen LogP contribution in [-0.4, -0.2) is 43.3 Å². The average Bonchev–Trinajstić information content (AvgIpc) is 3.55. The van der Waals surface area contributed by atoms with E-state index in [1.54, 1.807) is 34.4 Å². The predicted octanol–water partition coefficient (Wildman–Crippen LogP) is 4.40. The van der Waals surface area contributed by atoms with Gasteiger partial charge in [0.15, 0.2) is 11.5 Å². The summed E-state index contributed by atoms with van der Waals surface area (Å²) >= 11 is 1.55. The zero-order chi connectivity index (χ0) is 23.8. The number of hydrogen-bond acceptors (Lipinski definition) is 6. The van der Waals surface area contributed by atoms with E-state index in [4.69, 9.17) is 14.2 Å². The zero-order valence-electron chi connectivity index (χ0n) is 19.1. The van der Waals surface area contributed by atoms with E-state index in [1.807, 2.05) is 54.8 Å². The Bertz CT molecular complexity index is 1090. The summed E-state index contributed by atoms with van der Waals surface area (Å²) in [6.07, 6.45) is 0.697. The van der Waals surface area contributed by atoms with Crippen LogP contribution in [0.2, 0.25) is 0 Å². The third-order valence-corrected chi connectivity index (χ3v) is 6.29. The summed E-state index contributed by atoms with van der Waals surface area (Å²) in [6.45, 7) is 4.04. The molecule has 0 radical (unpaired) electrons. The number of nitrogens with zero attached hydrogens (tertiary/aromatic N) is 1. The van der Waals surface area contributed by atoms with E-state index in [9.17, 15) is 9.59 Å². The van der Waals surface area contributed by atoms with Crippen molar-refractivity contribution in [3.63, 3.8) is 0 Å². The molecular weight excluding hydrogens is 452 g/mol. The number of benzene rings is 2. The maximum Gasteiger partial charge on any atom is 0.255 e. The van der Waals surface area contributed by atoms with Gasteiger partial charge in [-0.25, -0.2) is 0 Å². The highest BCUT2D eigenvalue weighted by molar-refractivity contribution is 7.09. The zero-order valence-corrected chi connectivity index (χ0v) is 19.9. The second-order valence-corrected chi connectivity index (χ2v) is 8.77. The van der Waals surface area contributed by atoms with Crippen LogP contribution in [0, 0.1) is 0 Å². The fourth-order valence-electron chi connectivity index (χ4n) is 3.78. The molecule has 1 N–H and O–H groups in total. The topological polar surface area (TPSA) is 77.1 Å². The first kappa shape index (κ1) is 23.8. The van der Waals surface area contributed by atoms with Gasteiger partial charge in [0, 0.05) is 30.2 Å². The van der Waals surface area contributed by atoms with Crippen molar-refractivity contribution in [3.8, 4) is 11.5 Å². The Hall–Kier alpha value is -3.36. The molecule has 0 saturated heterocycles. The van der Waals surface area contributed by atoms with E-state index in [2.05, 4.69) is 5.32 Å². The number of thiophene rings is 1. The van der Waals surface area contributed by atoms with Crippen LogP contribution in [0.25, 0.3) is 0 Å². The van der Waals surface area contributed by atoms with Crippen LogP contribution in [-0.2, 0) is 16.1 Å². The Morgan fingerprint density at radius 1 is 1.09 bits per heavy atom. The maximum absolute atomic E-state index is 13.8. The molecule has 0 saturated carbocycles. The monoisotopic (exact) mass is 480 g/mol. The van der Waals surface area contributed by atoms with E-state index in [0.717, 1.165) is 10.4 Å². The highest BCUT2D eigenvalue weighted by atomic mass is 32.1. The van der Waals surface area contributed by atoms with Crippen molar-refractivity contribution in [2.24, 2.45) is 0 Å². The smallest absolute Gasteiger partial charge is 0.255 e. The molecule has 178 valence electrons. The minimum atomic E-state index is -0.798. The van der Waals surface area contributed by atoms with Crippen LogP contribution in [0.15, 0.2) is 66.0 Å². The number of carbonyl (C=O) groups excluding carboxylic acids is 2. The lowest BCUT2D eigenvalue weighted by Crippen LogP contribution is -2.43. The van der Waals surface area contributed by atoms with Crippen molar-refractivity contribution in [1.82, 2.24) is 10.2 Å². The van der Waals surface area contributed by atoms with Crippen molar-refractivity contribution in [1.29, 1.82) is 0 Å². The van der Waals surface area contributed by atoms with Crippen LogP contribution in [0.5, 0.6) is 11.5 Å². The first-order valence-electron chi connectivity index (χ1n) is 11.3. The SMILES string of the molecule is CCOCCCNC(=O)C(c1ccccc1)N(Cc1cccs1)C(=O)c1ccc2c(c1)OCO2. The summed E-state index contributed by atoms with van der Waals surface area (Å²) in [6, 6.07) is 17.6. The largest absolute Gasteiger partial charge is 0.454 e. The van der Waals surface area contributed by atoms with E-state index >= 15 is 0 Å². The standard InChI is InChI=1S/C26H28N2O5S/c1-2-31-14-7-13-27-25(29)24(19-8-4-3-5-9-19)28(17-21-10-6-15-34-21)26(30)20-11-12-22-23(16-20)33-18-32-22/h3-6,8-12,15-16,24H,2,7,13-14,17-18H2,1H3,(H,27,29). The highest BCUT2D eigenvalue weighted by Crippen LogP contribution is 2.34. The number of carbonyl (C=O) groups is 2. The molecular formula is C26H28N2O5S. The number of amides is 2. The molecule has 7 nitrogen and oxygen atoms in total. The van der Waals surface area contributed by atoms with E-state index in [-0.39, 0.29) is 18.6 Å². The van der Waals surface area contributed by atoms with Crippen molar-refractivity contribution in [2.75, 3.05) is 26.6 Å². The second kappa shape index (κ2) is 11.7. The molecule has 2 heterocycles. The summed E-state index contributed by atoms with van der Waals surface area (Å²) in [5.41, 5.74) is 1.18. The Kier molecular flexibility index (Phi) is 8.17. The quantitative estimate of drug-likeness (QED) is 0.412. The van der Waals surface area contributed by atoms with Gasteiger partial charge in [0.25, 0.3) is 5.91 Å². The number of fused-ring (bicyclic) bond motifs is 1. The molecule has 4 rings (SSSR count). The Balaban J connectivity index is 1.65. The van der Waals surface area contributed by atoms with Crippen molar-refractivity contribution < 1.29 is 23.8 Å². The van der Waals surface area contributed by atoms with Gasteiger partial charge in [0.1, 0.15) is 6.04 Å². The number of ether oxygens (including phenoxy) is 3. The third-order valence-electron chi connectivity index (χ3n) is 5.43. The molecule has 1 aromatic heterocycles. The molecule has 0 aliphatic carbocycles. The molecule has 2 amide bonds. The normalized spacial score (nSPS) is 12.9. The molecule has 1 unspecified atom stereocenters. The number of nitrogens with one attached hydrogen (secondary N) is 1. The molecule has 1 aliphatic rings. The maximum atomic E-state index is 13.8. The van der Waals surface area contributed by atoms with Gasteiger partial charge in [0.05, 0.1) is 6.54 Å². The molecule has 3 aromatic rings. The minimum absolute atomic E-state index is 0.128. The highest BCUT2D eigenvalue weighted by Gasteiger charge is 2.33. The molecule has 0 fully saturated rings. The van der Waals surface area contributed by atoms with Crippen molar-refractivity contribution >= 4 is 23.2 Å². The van der Waals surface area contributed by atoms with Crippen LogP contribution in [0.4, 0.5) is 0 Å². The lowest BCUT2D eigenvalue weighted by atomic mass is 10.0. The molecule has 8 heteroatoms. The van der Waals surface area contributed by atoms with Gasteiger partial charge in [-0.1, -0.05) is 36.4 Å². The molecule has 1 atom stereocenters. The fourth-order valence-corrected chi connectivity index (χ4v) is 4.48. The molecule has 0 spiro atoms. The van der Waals surface area contributed by atoms with Crippen LogP contribution >= 0.6 is 11.3 Å². The van der Waals surface area contributed by atoms with Gasteiger partial charge >= 0.3 is 0 Å². The Labute approximate surface area is 203 Å². The fraction of sp³-hybridized carbons (Fsp3) is 0.308. The summed E-state index contributed by atoms with van der Waals surface area (Å²) in [7, 11) is 0. The molecule has 0 bridgehead atoms. The summed E-state index contributed by atoms with van der Waals surface area (Å²) in [5.74, 6) is 0.643. The van der Waals surface area contributed by atoms with Crippen LogP contribution in [0.1, 0.15) is 40.2 Å². The van der Waals surface area contributed by atoms with Gasteiger partial charge in [-0.3, -0.25) is 9.59 Å². The van der Waals surface area contributed by atoms with Gasteiger partial charge in [0.2, 0.25) is 12.7 Å². The number of hydrogen-bond donors (Lipinski definition) is 1. The van der Waals surface area contributed by atoms with Crippen LogP contribution < -0.4 is 14.8 Å². The van der Waals surface area contributed by atoms with E-state index < -0.39 is 6.04 Å². The first-order chi connectivity index (χ1) is 16.7.